The number of nitrogens with zero attached hydrogens (tertiary/aromatic N) is 1. The molecule has 1 fully saturated rings. The maximum absolute atomic E-state index is 6.14. The lowest BCUT2D eigenvalue weighted by Crippen LogP contribution is -2.54. The van der Waals surface area contributed by atoms with E-state index in [4.69, 9.17) is 5.73 Å². The molecule has 0 saturated heterocycles. The lowest BCUT2D eigenvalue weighted by atomic mass is 9.86. The minimum Gasteiger partial charge on any atom is -0.329 e. The predicted octanol–water partition coefficient (Wildman–Crippen LogP) is 3.60. The first kappa shape index (κ1) is 15.5. The summed E-state index contributed by atoms with van der Waals surface area (Å²) in [6.07, 6.45) is 9.12. The number of aryl methyl sites for hydroxylation is 1. The first-order valence-electron chi connectivity index (χ1n) is 8.13. The molecule has 0 radical (unpaired) electrons. The van der Waals surface area contributed by atoms with Crippen LogP contribution in [0.4, 0.5) is 0 Å². The highest BCUT2D eigenvalue weighted by molar-refractivity contribution is 5.15. The normalized spacial score (nSPS) is 20.0. The van der Waals surface area contributed by atoms with E-state index in [-0.39, 0.29) is 5.54 Å². The first-order valence-corrected chi connectivity index (χ1v) is 8.13. The van der Waals surface area contributed by atoms with Gasteiger partial charge in [0.05, 0.1) is 0 Å². The molecule has 1 aromatic rings. The Morgan fingerprint density at radius 1 is 1.15 bits per heavy atom. The van der Waals surface area contributed by atoms with Crippen LogP contribution in [0.1, 0.15) is 51.0 Å². The van der Waals surface area contributed by atoms with Crippen molar-refractivity contribution in [1.82, 2.24) is 4.90 Å². The van der Waals surface area contributed by atoms with Gasteiger partial charge in [-0.3, -0.25) is 4.90 Å². The van der Waals surface area contributed by atoms with E-state index < -0.39 is 0 Å². The van der Waals surface area contributed by atoms with Crippen molar-refractivity contribution in [2.24, 2.45) is 5.73 Å². The minimum atomic E-state index is 0.123. The van der Waals surface area contributed by atoms with Crippen molar-refractivity contribution in [3.8, 4) is 0 Å². The predicted molar refractivity (Wildman–Crippen MR) is 86.9 cm³/mol. The minimum absolute atomic E-state index is 0.123. The van der Waals surface area contributed by atoms with Crippen LogP contribution < -0.4 is 5.73 Å². The first-order chi connectivity index (χ1) is 9.65. The summed E-state index contributed by atoms with van der Waals surface area (Å²) >= 11 is 0. The molecule has 1 unspecified atom stereocenters. The quantitative estimate of drug-likeness (QED) is 0.859. The highest BCUT2D eigenvalue weighted by Gasteiger charge is 2.32. The Balaban J connectivity index is 1.96. The van der Waals surface area contributed by atoms with Crippen LogP contribution in [0.15, 0.2) is 30.3 Å². The Labute approximate surface area is 124 Å². The summed E-state index contributed by atoms with van der Waals surface area (Å²) in [7, 11) is 2.29. The van der Waals surface area contributed by atoms with Gasteiger partial charge in [-0.05, 0) is 45.2 Å². The van der Waals surface area contributed by atoms with Crippen LogP contribution in [0.3, 0.4) is 0 Å². The SMILES string of the molecule is CN(C1CCCCC1)C(C)(CN)CCc1ccccc1. The van der Waals surface area contributed by atoms with Crippen molar-refractivity contribution >= 4 is 0 Å². The van der Waals surface area contributed by atoms with Gasteiger partial charge in [0, 0.05) is 18.1 Å². The van der Waals surface area contributed by atoms with Crippen molar-refractivity contribution in [1.29, 1.82) is 0 Å². The number of benzene rings is 1. The summed E-state index contributed by atoms with van der Waals surface area (Å²) in [5.74, 6) is 0. The van der Waals surface area contributed by atoms with Crippen molar-refractivity contribution in [3.05, 3.63) is 35.9 Å². The molecule has 0 spiro atoms. The topological polar surface area (TPSA) is 29.3 Å². The van der Waals surface area contributed by atoms with Crippen LogP contribution in [-0.4, -0.2) is 30.1 Å². The zero-order valence-electron chi connectivity index (χ0n) is 13.1. The maximum Gasteiger partial charge on any atom is 0.0306 e. The zero-order valence-corrected chi connectivity index (χ0v) is 13.1. The van der Waals surface area contributed by atoms with Crippen LogP contribution in [0, 0.1) is 0 Å². The molecule has 2 N–H and O–H groups in total. The van der Waals surface area contributed by atoms with E-state index >= 15 is 0 Å². The molecule has 0 bridgehead atoms. The average Bonchev–Trinajstić information content (AvgIpc) is 2.53. The summed E-state index contributed by atoms with van der Waals surface area (Å²) in [4.78, 5) is 2.58. The van der Waals surface area contributed by atoms with Gasteiger partial charge in [-0.1, -0.05) is 49.6 Å². The van der Waals surface area contributed by atoms with Gasteiger partial charge >= 0.3 is 0 Å². The van der Waals surface area contributed by atoms with E-state index in [0.717, 1.165) is 25.4 Å². The second-order valence-electron chi connectivity index (χ2n) is 6.59. The number of hydrogen-bond acceptors (Lipinski definition) is 2. The van der Waals surface area contributed by atoms with Gasteiger partial charge in [-0.15, -0.1) is 0 Å². The van der Waals surface area contributed by atoms with Crippen LogP contribution in [0.2, 0.25) is 0 Å². The third-order valence-corrected chi connectivity index (χ3v) is 5.21. The molecular weight excluding hydrogens is 244 g/mol. The number of likely N-dealkylation sites (N-methyl/N-ethyl adjacent to an activating group) is 1. The lowest BCUT2D eigenvalue weighted by molar-refractivity contribution is 0.0641. The van der Waals surface area contributed by atoms with Gasteiger partial charge < -0.3 is 5.73 Å². The molecular formula is C18H30N2. The van der Waals surface area contributed by atoms with Gasteiger partial charge in [0.15, 0.2) is 0 Å². The maximum atomic E-state index is 6.14. The standard InChI is InChI=1S/C18H30N2/c1-18(15-19,14-13-16-9-5-3-6-10-16)20(2)17-11-7-4-8-12-17/h3,5-6,9-10,17H,4,7-8,11-15,19H2,1-2H3. The average molecular weight is 274 g/mol. The Morgan fingerprint density at radius 2 is 1.80 bits per heavy atom. The molecule has 2 nitrogen and oxygen atoms in total. The molecule has 112 valence electrons. The van der Waals surface area contributed by atoms with Crippen molar-refractivity contribution in [3.63, 3.8) is 0 Å². The van der Waals surface area contributed by atoms with Crippen molar-refractivity contribution in [2.75, 3.05) is 13.6 Å². The smallest absolute Gasteiger partial charge is 0.0306 e. The summed E-state index contributed by atoms with van der Waals surface area (Å²) in [5.41, 5.74) is 7.68. The lowest BCUT2D eigenvalue weighted by Gasteiger charge is -2.44. The highest BCUT2D eigenvalue weighted by Crippen LogP contribution is 2.29. The molecule has 1 aliphatic rings. The summed E-state index contributed by atoms with van der Waals surface area (Å²) in [5, 5.41) is 0. The molecule has 1 aromatic carbocycles. The zero-order chi connectivity index (χ0) is 14.4. The Bertz CT molecular complexity index is 384. The van der Waals surface area contributed by atoms with Crippen molar-refractivity contribution in [2.45, 2.75) is 63.5 Å². The summed E-state index contributed by atoms with van der Waals surface area (Å²) < 4.78 is 0. The van der Waals surface area contributed by atoms with Crippen LogP contribution in [0.25, 0.3) is 0 Å². The Hall–Kier alpha value is -0.860. The van der Waals surface area contributed by atoms with Crippen LogP contribution >= 0.6 is 0 Å². The van der Waals surface area contributed by atoms with E-state index in [9.17, 15) is 0 Å². The molecule has 0 aliphatic heterocycles. The molecule has 1 atom stereocenters. The fourth-order valence-electron chi connectivity index (χ4n) is 3.39. The van der Waals surface area contributed by atoms with E-state index in [2.05, 4.69) is 49.2 Å². The van der Waals surface area contributed by atoms with Gasteiger partial charge in [-0.25, -0.2) is 0 Å². The van der Waals surface area contributed by atoms with Gasteiger partial charge in [0.1, 0.15) is 0 Å². The number of rotatable bonds is 6. The van der Waals surface area contributed by atoms with Gasteiger partial charge in [0.2, 0.25) is 0 Å². The third kappa shape index (κ3) is 3.83. The molecule has 20 heavy (non-hydrogen) atoms. The van der Waals surface area contributed by atoms with Gasteiger partial charge in [0.25, 0.3) is 0 Å². The fraction of sp³-hybridized carbons (Fsp3) is 0.667. The van der Waals surface area contributed by atoms with Gasteiger partial charge in [-0.2, -0.15) is 0 Å². The molecule has 0 aromatic heterocycles. The van der Waals surface area contributed by atoms with E-state index in [1.807, 2.05) is 0 Å². The fourth-order valence-corrected chi connectivity index (χ4v) is 3.39. The second kappa shape index (κ2) is 7.24. The van der Waals surface area contributed by atoms with Crippen molar-refractivity contribution < 1.29 is 0 Å². The van der Waals surface area contributed by atoms with Crippen LogP contribution in [-0.2, 0) is 6.42 Å². The number of nitrogens with two attached hydrogens (primary N) is 1. The summed E-state index contributed by atoms with van der Waals surface area (Å²) in [6, 6.07) is 11.5. The Morgan fingerprint density at radius 3 is 2.40 bits per heavy atom. The molecule has 2 heteroatoms. The Kier molecular flexibility index (Phi) is 5.62. The summed E-state index contributed by atoms with van der Waals surface area (Å²) in [6.45, 7) is 3.08. The van der Waals surface area contributed by atoms with Crippen LogP contribution in [0.5, 0.6) is 0 Å². The highest BCUT2D eigenvalue weighted by atomic mass is 15.2. The monoisotopic (exact) mass is 274 g/mol. The molecule has 1 aliphatic carbocycles. The van der Waals surface area contributed by atoms with E-state index in [1.54, 1.807) is 0 Å². The van der Waals surface area contributed by atoms with E-state index in [0.29, 0.717) is 0 Å². The number of hydrogen-bond donors (Lipinski definition) is 1. The molecule has 1 saturated carbocycles. The third-order valence-electron chi connectivity index (χ3n) is 5.21. The second-order valence-corrected chi connectivity index (χ2v) is 6.59. The molecule has 0 heterocycles. The molecule has 0 amide bonds. The molecule has 2 rings (SSSR count). The van der Waals surface area contributed by atoms with E-state index in [1.165, 1.54) is 37.7 Å². The largest absolute Gasteiger partial charge is 0.329 e.